The third kappa shape index (κ3) is 3.83. The number of nitrogens with one attached hydrogen (secondary N) is 1. The van der Waals surface area contributed by atoms with Crippen LogP contribution in [-0.4, -0.2) is 42.3 Å². The lowest BCUT2D eigenvalue weighted by Gasteiger charge is -2.19. The Morgan fingerprint density at radius 1 is 1.29 bits per heavy atom. The fraction of sp³-hybridized carbons (Fsp3) is 0.600. The Kier molecular flexibility index (Phi) is 5.76. The molecule has 2 heterocycles. The lowest BCUT2D eigenvalue weighted by atomic mass is 10.2. The number of anilines is 2. The van der Waals surface area contributed by atoms with Crippen LogP contribution in [0, 0.1) is 0 Å². The van der Waals surface area contributed by atoms with Crippen LogP contribution < -0.4 is 10.2 Å². The maximum absolute atomic E-state index is 8.85. The van der Waals surface area contributed by atoms with Crippen molar-refractivity contribution in [3.63, 3.8) is 0 Å². The van der Waals surface area contributed by atoms with Gasteiger partial charge in [-0.2, -0.15) is 4.98 Å². The normalized spacial score (nSPS) is 11.0. The van der Waals surface area contributed by atoms with Crippen molar-refractivity contribution in [2.24, 2.45) is 0 Å². The molecule has 0 amide bonds. The maximum atomic E-state index is 8.85. The number of thiophene rings is 1. The van der Waals surface area contributed by atoms with E-state index >= 15 is 0 Å². The van der Waals surface area contributed by atoms with Crippen LogP contribution in [0.3, 0.4) is 0 Å². The van der Waals surface area contributed by atoms with Gasteiger partial charge in [0.25, 0.3) is 0 Å². The van der Waals surface area contributed by atoms with Crippen LogP contribution in [0.15, 0.2) is 6.07 Å². The fourth-order valence-corrected chi connectivity index (χ4v) is 3.24. The van der Waals surface area contributed by atoms with E-state index in [0.717, 1.165) is 48.3 Å². The highest BCUT2D eigenvalue weighted by Crippen LogP contribution is 2.32. The summed E-state index contributed by atoms with van der Waals surface area (Å²) in [4.78, 5) is 13.7. The van der Waals surface area contributed by atoms with E-state index < -0.39 is 0 Å². The monoisotopic (exact) mass is 308 g/mol. The van der Waals surface area contributed by atoms with E-state index in [4.69, 9.17) is 5.11 Å². The predicted octanol–water partition coefficient (Wildman–Crippen LogP) is 2.89. The Hall–Kier alpha value is -1.40. The SMILES string of the molecule is CCc1cc2c(N(C)CCCCCO)nc(NC)nc2s1. The van der Waals surface area contributed by atoms with E-state index in [0.29, 0.717) is 5.95 Å². The number of aromatic nitrogens is 2. The number of unbranched alkanes of at least 4 members (excludes halogenated alkanes) is 2. The number of nitrogens with zero attached hydrogens (tertiary/aromatic N) is 3. The molecule has 0 unspecified atom stereocenters. The van der Waals surface area contributed by atoms with Gasteiger partial charge < -0.3 is 15.3 Å². The molecule has 2 aromatic heterocycles. The number of aliphatic hydroxyl groups is 1. The highest BCUT2D eigenvalue weighted by atomic mass is 32.1. The van der Waals surface area contributed by atoms with Crippen LogP contribution in [0.4, 0.5) is 11.8 Å². The molecule has 0 bridgehead atoms. The van der Waals surface area contributed by atoms with Crippen molar-refractivity contribution in [3.8, 4) is 0 Å². The lowest BCUT2D eigenvalue weighted by molar-refractivity contribution is 0.283. The first-order valence-corrected chi connectivity index (χ1v) is 8.31. The van der Waals surface area contributed by atoms with Gasteiger partial charge in [0.05, 0.1) is 5.39 Å². The number of rotatable bonds is 8. The van der Waals surface area contributed by atoms with Crippen LogP contribution in [0.2, 0.25) is 0 Å². The van der Waals surface area contributed by atoms with Crippen LogP contribution in [0.5, 0.6) is 0 Å². The Bertz CT molecular complexity index is 584. The molecule has 2 N–H and O–H groups in total. The van der Waals surface area contributed by atoms with Crippen molar-refractivity contribution in [3.05, 3.63) is 10.9 Å². The van der Waals surface area contributed by atoms with E-state index in [1.165, 1.54) is 4.88 Å². The fourth-order valence-electron chi connectivity index (χ4n) is 2.28. The van der Waals surface area contributed by atoms with E-state index in [1.807, 2.05) is 7.05 Å². The summed E-state index contributed by atoms with van der Waals surface area (Å²) in [5.41, 5.74) is 0. The van der Waals surface area contributed by atoms with Gasteiger partial charge in [0, 0.05) is 32.1 Å². The lowest BCUT2D eigenvalue weighted by Crippen LogP contribution is -2.20. The summed E-state index contributed by atoms with van der Waals surface area (Å²) in [6.45, 7) is 3.37. The molecule has 6 heteroatoms. The topological polar surface area (TPSA) is 61.3 Å². The average molecular weight is 308 g/mol. The predicted molar refractivity (Wildman–Crippen MR) is 90.5 cm³/mol. The van der Waals surface area contributed by atoms with Gasteiger partial charge in [0.1, 0.15) is 10.6 Å². The Morgan fingerprint density at radius 3 is 2.76 bits per heavy atom. The van der Waals surface area contributed by atoms with Gasteiger partial charge in [-0.1, -0.05) is 6.92 Å². The standard InChI is InChI=1S/C15H24N4OS/c1-4-11-10-12-13(19(3)8-6-5-7-9-20)17-15(16-2)18-14(12)21-11/h10,20H,4-9H2,1-3H3,(H,16,17,18). The van der Waals surface area contributed by atoms with Gasteiger partial charge in [-0.3, -0.25) is 0 Å². The molecule has 0 aliphatic heterocycles. The zero-order chi connectivity index (χ0) is 15.2. The molecule has 0 radical (unpaired) electrons. The quantitative estimate of drug-likeness (QED) is 0.734. The third-order valence-electron chi connectivity index (χ3n) is 3.51. The second-order valence-electron chi connectivity index (χ2n) is 5.11. The second-order valence-corrected chi connectivity index (χ2v) is 6.23. The number of hydrogen-bond acceptors (Lipinski definition) is 6. The minimum atomic E-state index is 0.274. The summed E-state index contributed by atoms with van der Waals surface area (Å²) < 4.78 is 0. The zero-order valence-corrected chi connectivity index (χ0v) is 13.8. The number of hydrogen-bond donors (Lipinski definition) is 2. The highest BCUT2D eigenvalue weighted by Gasteiger charge is 2.14. The van der Waals surface area contributed by atoms with Gasteiger partial charge in [0.15, 0.2) is 0 Å². The molecule has 21 heavy (non-hydrogen) atoms. The van der Waals surface area contributed by atoms with Crippen LogP contribution in [0.25, 0.3) is 10.2 Å². The molecule has 2 rings (SSSR count). The summed E-state index contributed by atoms with van der Waals surface area (Å²) in [7, 11) is 3.92. The summed E-state index contributed by atoms with van der Waals surface area (Å²) in [6.07, 6.45) is 3.99. The van der Waals surface area contributed by atoms with Crippen molar-refractivity contribution in [2.75, 3.05) is 37.5 Å². The van der Waals surface area contributed by atoms with Gasteiger partial charge >= 0.3 is 0 Å². The maximum Gasteiger partial charge on any atom is 0.225 e. The first kappa shape index (κ1) is 16.0. The van der Waals surface area contributed by atoms with Crippen LogP contribution in [0.1, 0.15) is 31.1 Å². The van der Waals surface area contributed by atoms with Crippen molar-refractivity contribution in [2.45, 2.75) is 32.6 Å². The zero-order valence-electron chi connectivity index (χ0n) is 13.0. The molecule has 2 aromatic rings. The molecule has 0 aliphatic rings. The Balaban J connectivity index is 2.25. The van der Waals surface area contributed by atoms with Crippen molar-refractivity contribution in [1.82, 2.24) is 9.97 Å². The van der Waals surface area contributed by atoms with Crippen molar-refractivity contribution in [1.29, 1.82) is 0 Å². The smallest absolute Gasteiger partial charge is 0.225 e. The molecular weight excluding hydrogens is 284 g/mol. The van der Waals surface area contributed by atoms with Crippen molar-refractivity contribution >= 4 is 33.3 Å². The Labute approximate surface area is 130 Å². The molecule has 0 aliphatic carbocycles. The number of aryl methyl sites for hydroxylation is 1. The molecule has 0 spiro atoms. The largest absolute Gasteiger partial charge is 0.396 e. The molecule has 0 aromatic carbocycles. The first-order valence-electron chi connectivity index (χ1n) is 7.49. The van der Waals surface area contributed by atoms with Gasteiger partial charge in [-0.05, 0) is 31.7 Å². The van der Waals surface area contributed by atoms with Crippen molar-refractivity contribution < 1.29 is 5.11 Å². The van der Waals surface area contributed by atoms with Crippen LogP contribution in [-0.2, 0) is 6.42 Å². The van der Waals surface area contributed by atoms with E-state index in [1.54, 1.807) is 11.3 Å². The van der Waals surface area contributed by atoms with Gasteiger partial charge in [0.2, 0.25) is 5.95 Å². The summed E-state index contributed by atoms with van der Waals surface area (Å²) in [6, 6.07) is 2.21. The van der Waals surface area contributed by atoms with Crippen LogP contribution >= 0.6 is 11.3 Å². The number of aliphatic hydroxyl groups excluding tert-OH is 1. The summed E-state index contributed by atoms with van der Waals surface area (Å²) in [5.74, 6) is 1.66. The molecular formula is C15H24N4OS. The van der Waals surface area contributed by atoms with E-state index in [9.17, 15) is 0 Å². The molecule has 5 nitrogen and oxygen atoms in total. The number of fused-ring (bicyclic) bond motifs is 1. The molecule has 0 saturated carbocycles. The second kappa shape index (κ2) is 7.56. The van der Waals surface area contributed by atoms with E-state index in [2.05, 4.69) is 40.2 Å². The first-order chi connectivity index (χ1) is 10.2. The van der Waals surface area contributed by atoms with E-state index in [-0.39, 0.29) is 6.61 Å². The Morgan fingerprint density at radius 2 is 2.10 bits per heavy atom. The van der Waals surface area contributed by atoms with Gasteiger partial charge in [-0.15, -0.1) is 11.3 Å². The van der Waals surface area contributed by atoms with Gasteiger partial charge in [-0.25, -0.2) is 4.98 Å². The minimum absolute atomic E-state index is 0.274. The summed E-state index contributed by atoms with van der Waals surface area (Å²) >= 11 is 1.74. The average Bonchev–Trinajstić information content (AvgIpc) is 2.93. The molecule has 0 saturated heterocycles. The summed E-state index contributed by atoms with van der Waals surface area (Å²) in [5, 5.41) is 13.0. The molecule has 0 atom stereocenters. The highest BCUT2D eigenvalue weighted by molar-refractivity contribution is 7.18. The minimum Gasteiger partial charge on any atom is -0.396 e. The third-order valence-corrected chi connectivity index (χ3v) is 4.68. The molecule has 0 fully saturated rings. The molecule has 116 valence electrons.